The molecule has 0 saturated carbocycles. The Morgan fingerprint density at radius 1 is 1.29 bits per heavy atom. The van der Waals surface area contributed by atoms with E-state index in [1.807, 2.05) is 19.3 Å². The van der Waals surface area contributed by atoms with Gasteiger partial charge in [0.1, 0.15) is 5.01 Å². The van der Waals surface area contributed by atoms with E-state index in [1.54, 1.807) is 11.3 Å². The molecule has 1 aliphatic rings. The van der Waals surface area contributed by atoms with Crippen molar-refractivity contribution in [2.24, 2.45) is 4.99 Å². The van der Waals surface area contributed by atoms with Crippen LogP contribution in [0.25, 0.3) is 0 Å². The molecule has 0 amide bonds. The van der Waals surface area contributed by atoms with E-state index in [9.17, 15) is 0 Å². The zero-order valence-corrected chi connectivity index (χ0v) is 18.2. The smallest absolute Gasteiger partial charge is 0.191 e. The van der Waals surface area contributed by atoms with Crippen molar-refractivity contribution >= 4 is 17.3 Å². The Bertz CT molecular complexity index is 757. The largest absolute Gasteiger partial charge is 0.354 e. The summed E-state index contributed by atoms with van der Waals surface area (Å²) >= 11 is 1.71. The molecule has 1 fully saturated rings. The molecule has 0 unspecified atom stereocenters. The predicted molar refractivity (Wildman–Crippen MR) is 117 cm³/mol. The molecule has 0 aliphatic carbocycles. The predicted octanol–water partition coefficient (Wildman–Crippen LogP) is 3.17. The van der Waals surface area contributed by atoms with E-state index in [-0.39, 0.29) is 5.41 Å². The number of pyridine rings is 1. The van der Waals surface area contributed by atoms with Gasteiger partial charge >= 0.3 is 0 Å². The van der Waals surface area contributed by atoms with Crippen LogP contribution in [0, 0.1) is 0 Å². The Hall–Kier alpha value is -1.99. The minimum Gasteiger partial charge on any atom is -0.354 e. The number of hydrogen-bond donors (Lipinski definition) is 2. The number of hydrogen-bond acceptors (Lipinski definition) is 5. The molecular weight excluding hydrogens is 368 g/mol. The van der Waals surface area contributed by atoms with Gasteiger partial charge in [0.2, 0.25) is 0 Å². The highest BCUT2D eigenvalue weighted by Gasteiger charge is 2.21. The van der Waals surface area contributed by atoms with Crippen LogP contribution in [0.4, 0.5) is 0 Å². The second-order valence-corrected chi connectivity index (χ2v) is 9.26. The van der Waals surface area contributed by atoms with Crippen molar-refractivity contribution in [2.75, 3.05) is 20.1 Å². The van der Waals surface area contributed by atoms with Crippen molar-refractivity contribution in [1.29, 1.82) is 0 Å². The monoisotopic (exact) mass is 400 g/mol. The number of guanidine groups is 1. The molecule has 2 aromatic rings. The lowest BCUT2D eigenvalue weighted by atomic mass is 9.93. The van der Waals surface area contributed by atoms with Gasteiger partial charge in [0.15, 0.2) is 5.96 Å². The van der Waals surface area contributed by atoms with Gasteiger partial charge < -0.3 is 10.6 Å². The van der Waals surface area contributed by atoms with Crippen molar-refractivity contribution in [1.82, 2.24) is 25.5 Å². The second-order valence-electron chi connectivity index (χ2n) is 8.32. The average molecular weight is 401 g/mol. The lowest BCUT2D eigenvalue weighted by Crippen LogP contribution is -2.48. The highest BCUT2D eigenvalue weighted by atomic mass is 32.1. The second kappa shape index (κ2) is 9.47. The molecule has 0 radical (unpaired) electrons. The van der Waals surface area contributed by atoms with Crippen molar-refractivity contribution in [3.63, 3.8) is 0 Å². The maximum atomic E-state index is 4.75. The summed E-state index contributed by atoms with van der Waals surface area (Å²) in [5.74, 6) is 0.857. The third-order valence-electron chi connectivity index (χ3n) is 4.99. The quantitative estimate of drug-likeness (QED) is 0.596. The van der Waals surface area contributed by atoms with E-state index in [2.05, 4.69) is 63.8 Å². The number of rotatable bonds is 5. The SMILES string of the molecule is CN=C(NCc1nc(C(C)(C)C)cs1)NC1CCN(Cc2ccccn2)CC1. The first-order valence-electron chi connectivity index (χ1n) is 9.98. The van der Waals surface area contributed by atoms with Crippen LogP contribution < -0.4 is 10.6 Å². The van der Waals surface area contributed by atoms with Crippen LogP contribution in [0.1, 0.15) is 50.0 Å². The van der Waals surface area contributed by atoms with E-state index in [0.717, 1.165) is 54.8 Å². The number of aliphatic imine (C=N–C) groups is 1. The van der Waals surface area contributed by atoms with E-state index in [0.29, 0.717) is 12.6 Å². The third-order valence-corrected chi connectivity index (χ3v) is 5.84. The first-order chi connectivity index (χ1) is 13.4. The summed E-state index contributed by atoms with van der Waals surface area (Å²) in [6.45, 7) is 10.4. The van der Waals surface area contributed by atoms with Gasteiger partial charge in [-0.3, -0.25) is 14.9 Å². The molecule has 0 spiro atoms. The zero-order chi connectivity index (χ0) is 20.0. The van der Waals surface area contributed by atoms with E-state index < -0.39 is 0 Å². The lowest BCUT2D eigenvalue weighted by Gasteiger charge is -2.32. The van der Waals surface area contributed by atoms with Gasteiger partial charge in [-0.2, -0.15) is 0 Å². The minimum absolute atomic E-state index is 0.0952. The molecule has 1 saturated heterocycles. The van der Waals surface area contributed by atoms with E-state index in [4.69, 9.17) is 4.98 Å². The fourth-order valence-corrected chi connectivity index (χ4v) is 4.20. The molecule has 3 heterocycles. The summed E-state index contributed by atoms with van der Waals surface area (Å²) in [7, 11) is 1.83. The Kier molecular flexibility index (Phi) is 7.02. The van der Waals surface area contributed by atoms with Crippen molar-refractivity contribution < 1.29 is 0 Å². The molecule has 28 heavy (non-hydrogen) atoms. The van der Waals surface area contributed by atoms with Gasteiger partial charge in [-0.1, -0.05) is 26.8 Å². The summed E-state index contributed by atoms with van der Waals surface area (Å²) in [6, 6.07) is 6.57. The Morgan fingerprint density at radius 3 is 2.68 bits per heavy atom. The molecule has 2 aromatic heterocycles. The van der Waals surface area contributed by atoms with Gasteiger partial charge in [0.05, 0.1) is 17.9 Å². The summed E-state index contributed by atoms with van der Waals surface area (Å²) in [4.78, 5) is 16.0. The molecule has 6 nitrogen and oxygen atoms in total. The average Bonchev–Trinajstić information content (AvgIpc) is 3.17. The topological polar surface area (TPSA) is 65.4 Å². The van der Waals surface area contributed by atoms with Crippen molar-refractivity contribution in [3.05, 3.63) is 46.2 Å². The first kappa shape index (κ1) is 20.7. The zero-order valence-electron chi connectivity index (χ0n) is 17.4. The molecule has 1 aliphatic heterocycles. The molecule has 0 aromatic carbocycles. The lowest BCUT2D eigenvalue weighted by molar-refractivity contribution is 0.196. The number of aromatic nitrogens is 2. The normalized spacial score (nSPS) is 16.9. The number of likely N-dealkylation sites (tertiary alicyclic amines) is 1. The van der Waals surface area contributed by atoms with E-state index in [1.165, 1.54) is 0 Å². The van der Waals surface area contributed by atoms with Crippen molar-refractivity contribution in [3.8, 4) is 0 Å². The molecule has 2 N–H and O–H groups in total. The maximum Gasteiger partial charge on any atom is 0.191 e. The first-order valence-corrected chi connectivity index (χ1v) is 10.9. The van der Waals surface area contributed by atoms with Gasteiger partial charge in [-0.25, -0.2) is 4.98 Å². The number of piperidine rings is 1. The number of thiazole rings is 1. The van der Waals surface area contributed by atoms with Gasteiger partial charge in [0, 0.05) is 49.7 Å². The number of nitrogens with one attached hydrogen (secondary N) is 2. The Labute approximate surface area is 172 Å². The molecule has 7 heteroatoms. The van der Waals surface area contributed by atoms with Crippen LogP contribution in [0.3, 0.4) is 0 Å². The van der Waals surface area contributed by atoms with Gasteiger partial charge in [-0.15, -0.1) is 11.3 Å². The number of nitrogens with zero attached hydrogens (tertiary/aromatic N) is 4. The summed E-state index contributed by atoms with van der Waals surface area (Å²) in [5, 5.41) is 10.2. The summed E-state index contributed by atoms with van der Waals surface area (Å²) in [6.07, 6.45) is 4.09. The van der Waals surface area contributed by atoms with Crippen molar-refractivity contribution in [2.45, 2.75) is 58.2 Å². The molecule has 152 valence electrons. The van der Waals surface area contributed by atoms with Crippen LogP contribution in [-0.2, 0) is 18.5 Å². The molecule has 0 bridgehead atoms. The van der Waals surface area contributed by atoms with Gasteiger partial charge in [0.25, 0.3) is 0 Å². The Morgan fingerprint density at radius 2 is 2.07 bits per heavy atom. The van der Waals surface area contributed by atoms with E-state index >= 15 is 0 Å². The van der Waals surface area contributed by atoms with Crippen LogP contribution >= 0.6 is 11.3 Å². The summed E-state index contributed by atoms with van der Waals surface area (Å²) < 4.78 is 0. The van der Waals surface area contributed by atoms with Crippen LogP contribution in [0.5, 0.6) is 0 Å². The highest BCUT2D eigenvalue weighted by Crippen LogP contribution is 2.23. The van der Waals surface area contributed by atoms with Gasteiger partial charge in [-0.05, 0) is 25.0 Å². The van der Waals surface area contributed by atoms with Crippen LogP contribution in [0.15, 0.2) is 34.8 Å². The standard InChI is InChI=1S/C21H32N6S/c1-21(2,3)18-15-28-19(26-18)13-24-20(22-4)25-16-8-11-27(12-9-16)14-17-7-5-6-10-23-17/h5-7,10,15-16H,8-9,11-14H2,1-4H3,(H2,22,24,25). The fraction of sp³-hybridized carbons (Fsp3) is 0.571. The molecular formula is C21H32N6S. The van der Waals surface area contributed by atoms with Crippen LogP contribution in [0.2, 0.25) is 0 Å². The molecule has 0 atom stereocenters. The minimum atomic E-state index is 0.0952. The third kappa shape index (κ3) is 6.01. The summed E-state index contributed by atoms with van der Waals surface area (Å²) in [5.41, 5.74) is 2.39. The fourth-order valence-electron chi connectivity index (χ4n) is 3.24. The Balaban J connectivity index is 1.42. The molecule has 3 rings (SSSR count). The highest BCUT2D eigenvalue weighted by molar-refractivity contribution is 7.09. The van der Waals surface area contributed by atoms with Crippen LogP contribution in [-0.4, -0.2) is 47.0 Å². The maximum absolute atomic E-state index is 4.75.